The SMILES string of the molecule is O=C(NC1CCCC(Cl)C1)c1ccc(C2CC2C(=O)Nc2ccc3c(c2)CCNC3)c(F)c1. The van der Waals surface area contributed by atoms with Gasteiger partial charge in [-0.1, -0.05) is 12.1 Å². The summed E-state index contributed by atoms with van der Waals surface area (Å²) < 4.78 is 14.9. The highest BCUT2D eigenvalue weighted by Crippen LogP contribution is 2.49. The van der Waals surface area contributed by atoms with Gasteiger partial charge in [-0.15, -0.1) is 11.6 Å². The minimum absolute atomic E-state index is 0.0350. The Balaban J connectivity index is 1.19. The molecule has 0 radical (unpaired) electrons. The third-order valence-corrected chi connectivity index (χ3v) is 7.49. The zero-order valence-corrected chi connectivity index (χ0v) is 19.3. The average Bonchev–Trinajstić information content (AvgIpc) is 3.60. The highest BCUT2D eigenvalue weighted by atomic mass is 35.5. The highest BCUT2D eigenvalue weighted by molar-refractivity contribution is 6.20. The van der Waals surface area contributed by atoms with Gasteiger partial charge >= 0.3 is 0 Å². The second-order valence-corrected chi connectivity index (χ2v) is 10.1. The lowest BCUT2D eigenvalue weighted by Gasteiger charge is -2.26. The van der Waals surface area contributed by atoms with Crippen molar-refractivity contribution < 1.29 is 14.0 Å². The lowest BCUT2D eigenvalue weighted by atomic mass is 9.94. The van der Waals surface area contributed by atoms with Crippen LogP contribution in [0.2, 0.25) is 0 Å². The van der Waals surface area contributed by atoms with Gasteiger partial charge in [-0.2, -0.15) is 0 Å². The maximum atomic E-state index is 14.9. The van der Waals surface area contributed by atoms with Gasteiger partial charge < -0.3 is 16.0 Å². The van der Waals surface area contributed by atoms with Crippen LogP contribution in [-0.4, -0.2) is 29.8 Å². The highest BCUT2D eigenvalue weighted by Gasteiger charge is 2.45. The van der Waals surface area contributed by atoms with E-state index in [4.69, 9.17) is 11.6 Å². The van der Waals surface area contributed by atoms with E-state index in [1.54, 1.807) is 12.1 Å². The summed E-state index contributed by atoms with van der Waals surface area (Å²) in [5.74, 6) is -1.19. The number of fused-ring (bicyclic) bond motifs is 1. The van der Waals surface area contributed by atoms with E-state index >= 15 is 0 Å². The van der Waals surface area contributed by atoms with Gasteiger partial charge in [0.05, 0.1) is 0 Å². The Bertz CT molecular complexity index is 1080. The molecule has 5 rings (SSSR count). The van der Waals surface area contributed by atoms with E-state index in [0.29, 0.717) is 17.5 Å². The molecule has 3 N–H and O–H groups in total. The molecule has 4 atom stereocenters. The van der Waals surface area contributed by atoms with Gasteiger partial charge in [0.25, 0.3) is 5.91 Å². The zero-order chi connectivity index (χ0) is 22.9. The lowest BCUT2D eigenvalue weighted by Crippen LogP contribution is -2.38. The van der Waals surface area contributed by atoms with Crippen LogP contribution in [0.15, 0.2) is 36.4 Å². The lowest BCUT2D eigenvalue weighted by molar-refractivity contribution is -0.117. The normalized spacial score (nSPS) is 26.2. The second kappa shape index (κ2) is 9.43. The van der Waals surface area contributed by atoms with Gasteiger partial charge in [0.1, 0.15) is 5.82 Å². The third-order valence-electron chi connectivity index (χ3n) is 7.10. The van der Waals surface area contributed by atoms with Crippen molar-refractivity contribution in [2.45, 2.75) is 62.4 Å². The van der Waals surface area contributed by atoms with Crippen molar-refractivity contribution >= 4 is 29.1 Å². The molecule has 2 aromatic rings. The monoisotopic (exact) mass is 469 g/mol. The van der Waals surface area contributed by atoms with Gasteiger partial charge in [-0.25, -0.2) is 4.39 Å². The third kappa shape index (κ3) is 5.07. The molecule has 1 heterocycles. The van der Waals surface area contributed by atoms with Crippen molar-refractivity contribution in [3.8, 4) is 0 Å². The average molecular weight is 470 g/mol. The van der Waals surface area contributed by atoms with Gasteiger partial charge in [0.15, 0.2) is 0 Å². The number of halogens is 2. The Kier molecular flexibility index (Phi) is 6.39. The minimum atomic E-state index is -0.428. The van der Waals surface area contributed by atoms with Gasteiger partial charge in [0.2, 0.25) is 5.91 Å². The summed E-state index contributed by atoms with van der Waals surface area (Å²) in [6.45, 7) is 1.80. The number of alkyl halides is 1. The Morgan fingerprint density at radius 2 is 1.94 bits per heavy atom. The summed E-state index contributed by atoms with van der Waals surface area (Å²) in [7, 11) is 0. The molecule has 7 heteroatoms. The van der Waals surface area contributed by atoms with E-state index in [2.05, 4.69) is 16.0 Å². The Hall–Kier alpha value is -2.44. The quantitative estimate of drug-likeness (QED) is 0.565. The van der Waals surface area contributed by atoms with E-state index in [1.807, 2.05) is 18.2 Å². The molecule has 33 heavy (non-hydrogen) atoms. The molecule has 5 nitrogen and oxygen atoms in total. The van der Waals surface area contributed by atoms with Crippen LogP contribution < -0.4 is 16.0 Å². The maximum absolute atomic E-state index is 14.9. The summed E-state index contributed by atoms with van der Waals surface area (Å²) in [6.07, 6.45) is 5.16. The van der Waals surface area contributed by atoms with Crippen LogP contribution in [0.4, 0.5) is 10.1 Å². The molecule has 174 valence electrons. The topological polar surface area (TPSA) is 70.2 Å². The Morgan fingerprint density at radius 1 is 1.06 bits per heavy atom. The maximum Gasteiger partial charge on any atom is 0.251 e. The van der Waals surface area contributed by atoms with Crippen LogP contribution in [0.3, 0.4) is 0 Å². The Labute approximate surface area is 198 Å². The second-order valence-electron chi connectivity index (χ2n) is 9.52. The van der Waals surface area contributed by atoms with Crippen LogP contribution in [-0.2, 0) is 17.8 Å². The first-order valence-corrected chi connectivity index (χ1v) is 12.3. The molecule has 2 amide bonds. The molecule has 0 aromatic heterocycles. The first-order chi connectivity index (χ1) is 16.0. The van der Waals surface area contributed by atoms with Crippen molar-refractivity contribution in [1.29, 1.82) is 0 Å². The number of hydrogen-bond donors (Lipinski definition) is 3. The Morgan fingerprint density at radius 3 is 2.76 bits per heavy atom. The molecule has 2 aliphatic carbocycles. The minimum Gasteiger partial charge on any atom is -0.349 e. The van der Waals surface area contributed by atoms with Crippen molar-refractivity contribution in [3.63, 3.8) is 0 Å². The summed E-state index contributed by atoms with van der Waals surface area (Å²) in [5.41, 5.74) is 4.12. The first kappa shape index (κ1) is 22.4. The molecular weight excluding hydrogens is 441 g/mol. The van der Waals surface area contributed by atoms with Crippen molar-refractivity contribution in [2.75, 3.05) is 11.9 Å². The number of carbonyl (C=O) groups is 2. The molecule has 4 unspecified atom stereocenters. The molecular formula is C26H29ClFN3O2. The van der Waals surface area contributed by atoms with Gasteiger partial charge in [-0.05, 0) is 91.9 Å². The number of amides is 2. The molecule has 3 aliphatic rings. The molecule has 1 aliphatic heterocycles. The molecule has 0 saturated heterocycles. The number of nitrogens with one attached hydrogen (secondary N) is 3. The molecule has 2 aromatic carbocycles. The van der Waals surface area contributed by atoms with E-state index in [1.165, 1.54) is 17.2 Å². The number of benzene rings is 2. The van der Waals surface area contributed by atoms with Crippen molar-refractivity contribution in [1.82, 2.24) is 10.6 Å². The number of anilines is 1. The summed E-state index contributed by atoms with van der Waals surface area (Å²) in [6, 6.07) is 10.6. The fourth-order valence-electron chi connectivity index (χ4n) is 5.12. The molecule has 2 saturated carbocycles. The zero-order valence-electron chi connectivity index (χ0n) is 18.5. The largest absolute Gasteiger partial charge is 0.349 e. The van der Waals surface area contributed by atoms with E-state index < -0.39 is 5.82 Å². The number of rotatable bonds is 5. The van der Waals surface area contributed by atoms with Crippen LogP contribution in [0.1, 0.15) is 65.1 Å². The van der Waals surface area contributed by atoms with Crippen LogP contribution in [0.25, 0.3) is 0 Å². The summed E-state index contributed by atoms with van der Waals surface area (Å²) >= 11 is 6.20. The molecule has 2 fully saturated rings. The predicted octanol–water partition coefficient (Wildman–Crippen LogP) is 4.49. The number of hydrogen-bond acceptors (Lipinski definition) is 3. The number of carbonyl (C=O) groups excluding carboxylic acids is 2. The van der Waals surface area contributed by atoms with Crippen LogP contribution in [0.5, 0.6) is 0 Å². The van der Waals surface area contributed by atoms with Crippen LogP contribution in [0, 0.1) is 11.7 Å². The van der Waals surface area contributed by atoms with E-state index in [9.17, 15) is 14.0 Å². The molecule has 0 spiro atoms. The van der Waals surface area contributed by atoms with Crippen LogP contribution >= 0.6 is 11.6 Å². The fourth-order valence-corrected chi connectivity index (χ4v) is 5.49. The van der Waals surface area contributed by atoms with Gasteiger partial charge in [0, 0.05) is 35.1 Å². The van der Waals surface area contributed by atoms with Crippen molar-refractivity contribution in [3.05, 3.63) is 64.5 Å². The van der Waals surface area contributed by atoms with Crippen molar-refractivity contribution in [2.24, 2.45) is 5.92 Å². The van der Waals surface area contributed by atoms with E-state index in [0.717, 1.165) is 50.9 Å². The standard InChI is InChI=1S/C26H29ClFN3O2/c27-18-2-1-3-19(12-18)30-25(32)16-5-7-21(24(28)11-16)22-13-23(22)26(33)31-20-6-4-17-14-29-9-8-15(17)10-20/h4-7,10-11,18-19,22-23,29H,1-3,8-9,12-14H2,(H,30,32)(H,31,33). The van der Waals surface area contributed by atoms with Gasteiger partial charge in [-0.3, -0.25) is 9.59 Å². The fraction of sp³-hybridized carbons (Fsp3) is 0.462. The smallest absolute Gasteiger partial charge is 0.251 e. The first-order valence-electron chi connectivity index (χ1n) is 11.9. The van der Waals surface area contributed by atoms with E-state index in [-0.39, 0.29) is 35.1 Å². The summed E-state index contributed by atoms with van der Waals surface area (Å²) in [4.78, 5) is 25.3. The predicted molar refractivity (Wildman–Crippen MR) is 127 cm³/mol. The molecule has 0 bridgehead atoms. The summed E-state index contributed by atoms with van der Waals surface area (Å²) in [5, 5.41) is 9.39.